The molecule has 2 unspecified atom stereocenters. The Kier molecular flexibility index (Phi) is 3.41. The van der Waals surface area contributed by atoms with Gasteiger partial charge in [0.2, 0.25) is 10.0 Å². The molecule has 0 aliphatic carbocycles. The Balaban J connectivity index is 2.40. The first-order valence-electron chi connectivity index (χ1n) is 5.45. The van der Waals surface area contributed by atoms with Crippen molar-refractivity contribution >= 4 is 10.0 Å². The van der Waals surface area contributed by atoms with Gasteiger partial charge in [0.15, 0.2) is 0 Å². The molecule has 1 aliphatic rings. The minimum atomic E-state index is -3.88. The van der Waals surface area contributed by atoms with Crippen molar-refractivity contribution in [3.63, 3.8) is 0 Å². The zero-order chi connectivity index (χ0) is 13.5. The van der Waals surface area contributed by atoms with E-state index in [1.807, 2.05) is 0 Å². The molecule has 2 rings (SSSR count). The molecule has 1 heterocycles. The Morgan fingerprint density at radius 1 is 1.28 bits per heavy atom. The van der Waals surface area contributed by atoms with Gasteiger partial charge in [-0.3, -0.25) is 0 Å². The van der Waals surface area contributed by atoms with E-state index in [1.54, 1.807) is 6.92 Å². The number of nitrogens with zero attached hydrogens (tertiary/aromatic N) is 1. The van der Waals surface area contributed by atoms with Gasteiger partial charge in [0.1, 0.15) is 5.82 Å². The number of aliphatic hydroxyl groups is 2. The van der Waals surface area contributed by atoms with Crippen molar-refractivity contribution in [3.8, 4) is 0 Å². The number of rotatable bonds is 2. The van der Waals surface area contributed by atoms with Gasteiger partial charge in [-0.15, -0.1) is 0 Å². The molecule has 5 nitrogen and oxygen atoms in total. The maximum atomic E-state index is 13.1. The van der Waals surface area contributed by atoms with Crippen LogP contribution in [0.25, 0.3) is 0 Å². The van der Waals surface area contributed by atoms with Crippen LogP contribution < -0.4 is 0 Å². The van der Waals surface area contributed by atoms with Crippen LogP contribution in [0.3, 0.4) is 0 Å². The van der Waals surface area contributed by atoms with Gasteiger partial charge in [0, 0.05) is 13.1 Å². The van der Waals surface area contributed by atoms with Gasteiger partial charge in [-0.05, 0) is 24.6 Å². The van der Waals surface area contributed by atoms with E-state index in [1.165, 1.54) is 12.1 Å². The average molecular weight is 275 g/mol. The monoisotopic (exact) mass is 275 g/mol. The molecule has 1 aliphatic heterocycles. The highest BCUT2D eigenvalue weighted by Crippen LogP contribution is 2.24. The lowest BCUT2D eigenvalue weighted by atomic mass is 10.2. The minimum Gasteiger partial charge on any atom is -0.389 e. The Morgan fingerprint density at radius 3 is 2.39 bits per heavy atom. The van der Waals surface area contributed by atoms with Crippen molar-refractivity contribution < 1.29 is 23.0 Å². The summed E-state index contributed by atoms with van der Waals surface area (Å²) in [5.74, 6) is -0.639. The fraction of sp³-hybridized carbons (Fsp3) is 0.455. The lowest BCUT2D eigenvalue weighted by Gasteiger charge is -2.17. The van der Waals surface area contributed by atoms with E-state index < -0.39 is 28.0 Å². The third kappa shape index (κ3) is 2.26. The Hall–Kier alpha value is -1.02. The highest BCUT2D eigenvalue weighted by atomic mass is 32.2. The van der Waals surface area contributed by atoms with Crippen molar-refractivity contribution in [2.24, 2.45) is 0 Å². The first-order valence-corrected chi connectivity index (χ1v) is 6.89. The largest absolute Gasteiger partial charge is 0.389 e. The molecule has 7 heteroatoms. The smallest absolute Gasteiger partial charge is 0.243 e. The van der Waals surface area contributed by atoms with Gasteiger partial charge in [-0.25, -0.2) is 12.8 Å². The van der Waals surface area contributed by atoms with E-state index in [2.05, 4.69) is 0 Å². The molecule has 1 saturated heterocycles. The normalized spacial score (nSPS) is 25.6. The fourth-order valence-corrected chi connectivity index (χ4v) is 3.63. The van der Waals surface area contributed by atoms with E-state index in [0.717, 1.165) is 10.4 Å². The van der Waals surface area contributed by atoms with Crippen molar-refractivity contribution in [3.05, 3.63) is 29.6 Å². The number of aryl methyl sites for hydroxylation is 1. The lowest BCUT2D eigenvalue weighted by Crippen LogP contribution is -2.30. The number of aliphatic hydroxyl groups excluding tert-OH is 2. The summed E-state index contributed by atoms with van der Waals surface area (Å²) in [6.45, 7) is 1.20. The first kappa shape index (κ1) is 13.4. The topological polar surface area (TPSA) is 77.8 Å². The molecular weight excluding hydrogens is 261 g/mol. The third-order valence-electron chi connectivity index (χ3n) is 2.99. The van der Waals surface area contributed by atoms with Crippen LogP contribution in [0.5, 0.6) is 0 Å². The van der Waals surface area contributed by atoms with Gasteiger partial charge < -0.3 is 10.2 Å². The first-order chi connectivity index (χ1) is 8.32. The zero-order valence-corrected chi connectivity index (χ0v) is 10.6. The minimum absolute atomic E-state index is 0.135. The fourth-order valence-electron chi connectivity index (χ4n) is 1.92. The van der Waals surface area contributed by atoms with Crippen molar-refractivity contribution in [2.75, 3.05) is 13.1 Å². The van der Waals surface area contributed by atoms with Crippen molar-refractivity contribution in [2.45, 2.75) is 24.0 Å². The summed E-state index contributed by atoms with van der Waals surface area (Å²) >= 11 is 0. The lowest BCUT2D eigenvalue weighted by molar-refractivity contribution is 0.0572. The van der Waals surface area contributed by atoms with Crippen molar-refractivity contribution in [1.82, 2.24) is 4.31 Å². The summed E-state index contributed by atoms with van der Waals surface area (Å²) in [4.78, 5) is -0.135. The number of halogens is 1. The highest BCUT2D eigenvalue weighted by Gasteiger charge is 2.38. The number of hydrogen-bond acceptors (Lipinski definition) is 4. The summed E-state index contributed by atoms with van der Waals surface area (Å²) in [5.41, 5.74) is 0.423. The summed E-state index contributed by atoms with van der Waals surface area (Å²) in [6.07, 6.45) is -2.21. The maximum absolute atomic E-state index is 13.1. The van der Waals surface area contributed by atoms with Crippen molar-refractivity contribution in [1.29, 1.82) is 0 Å². The highest BCUT2D eigenvalue weighted by molar-refractivity contribution is 7.89. The van der Waals surface area contributed by atoms with Crippen LogP contribution in [0, 0.1) is 12.7 Å². The molecular formula is C11H14FNO4S. The van der Waals surface area contributed by atoms with Crippen LogP contribution in [0.2, 0.25) is 0 Å². The predicted octanol–water partition coefficient (Wildman–Crippen LogP) is -0.140. The predicted molar refractivity (Wildman–Crippen MR) is 61.9 cm³/mol. The number of benzene rings is 1. The number of β-amino-alcohol motifs (C(OH)–C–C–N with tert-alkyl or cyclic N) is 2. The van der Waals surface area contributed by atoms with Crippen LogP contribution in [0.1, 0.15) is 5.56 Å². The second-order valence-electron chi connectivity index (χ2n) is 4.37. The average Bonchev–Trinajstić information content (AvgIpc) is 2.63. The van der Waals surface area contributed by atoms with Crippen LogP contribution >= 0.6 is 0 Å². The Morgan fingerprint density at radius 2 is 1.83 bits per heavy atom. The Labute approximate surface area is 105 Å². The molecule has 0 saturated carbocycles. The third-order valence-corrected chi connectivity index (χ3v) is 4.97. The summed E-state index contributed by atoms with van der Waals surface area (Å²) < 4.78 is 38.6. The molecule has 1 aromatic carbocycles. The summed E-state index contributed by atoms with van der Waals surface area (Å²) in [5, 5.41) is 18.7. The quantitative estimate of drug-likeness (QED) is 0.787. The molecule has 2 N–H and O–H groups in total. The van der Waals surface area contributed by atoms with Gasteiger partial charge in [0.05, 0.1) is 17.1 Å². The van der Waals surface area contributed by atoms with Crippen LogP contribution in [0.15, 0.2) is 23.1 Å². The van der Waals surface area contributed by atoms with E-state index in [4.69, 9.17) is 0 Å². The molecule has 0 bridgehead atoms. The number of sulfonamides is 1. The van der Waals surface area contributed by atoms with Gasteiger partial charge in [0.25, 0.3) is 0 Å². The van der Waals surface area contributed by atoms with Crippen LogP contribution in [0.4, 0.5) is 4.39 Å². The second-order valence-corrected chi connectivity index (χ2v) is 6.27. The molecule has 1 fully saturated rings. The summed E-state index contributed by atoms with van der Waals surface area (Å²) in [6, 6.07) is 3.51. The molecule has 0 aromatic heterocycles. The molecule has 18 heavy (non-hydrogen) atoms. The van der Waals surface area contributed by atoms with Crippen LogP contribution in [-0.2, 0) is 10.0 Å². The molecule has 0 amide bonds. The standard InChI is InChI=1S/C11H14FNO4S/c1-7-2-3-8(12)4-11(7)18(16,17)13-5-9(14)10(15)6-13/h2-4,9-10,14-15H,5-6H2,1H3. The Bertz CT molecular complexity index is 550. The molecule has 0 radical (unpaired) electrons. The van der Waals surface area contributed by atoms with E-state index in [0.29, 0.717) is 5.56 Å². The molecule has 1 aromatic rings. The molecule has 100 valence electrons. The SMILES string of the molecule is Cc1ccc(F)cc1S(=O)(=O)N1CC(O)C(O)C1. The number of hydrogen-bond donors (Lipinski definition) is 2. The van der Waals surface area contributed by atoms with E-state index >= 15 is 0 Å². The van der Waals surface area contributed by atoms with E-state index in [-0.39, 0.29) is 18.0 Å². The summed E-state index contributed by atoms with van der Waals surface area (Å²) in [7, 11) is -3.88. The zero-order valence-electron chi connectivity index (χ0n) is 9.75. The van der Waals surface area contributed by atoms with Gasteiger partial charge in [-0.1, -0.05) is 6.07 Å². The molecule has 2 atom stereocenters. The second kappa shape index (κ2) is 4.58. The van der Waals surface area contributed by atoms with Crippen LogP contribution in [-0.4, -0.2) is 48.2 Å². The maximum Gasteiger partial charge on any atom is 0.243 e. The van der Waals surface area contributed by atoms with Gasteiger partial charge in [-0.2, -0.15) is 4.31 Å². The molecule has 0 spiro atoms. The van der Waals surface area contributed by atoms with E-state index in [9.17, 15) is 23.0 Å². The van der Waals surface area contributed by atoms with Gasteiger partial charge >= 0.3 is 0 Å².